The first-order valence-corrected chi connectivity index (χ1v) is 10.9. The predicted molar refractivity (Wildman–Crippen MR) is 118 cm³/mol. The van der Waals surface area contributed by atoms with E-state index < -0.39 is 0 Å². The summed E-state index contributed by atoms with van der Waals surface area (Å²) in [6.45, 7) is 3.55. The molecular weight excluding hydrogens is 402 g/mol. The molecule has 0 atom stereocenters. The molecule has 4 aromatic rings. The van der Waals surface area contributed by atoms with Crippen molar-refractivity contribution in [3.63, 3.8) is 0 Å². The molecule has 0 unspecified atom stereocenters. The SMILES string of the molecule is CC(=O)Nc1nc(CSc2nnc(-c3ccccc3)n2-c2ccc(C)cc2)cs1. The topological polar surface area (TPSA) is 72.7 Å². The number of nitrogens with zero attached hydrogens (tertiary/aromatic N) is 4. The second-order valence-corrected chi connectivity index (χ2v) is 8.26. The van der Waals surface area contributed by atoms with E-state index in [9.17, 15) is 4.79 Å². The molecule has 1 amide bonds. The van der Waals surface area contributed by atoms with Crippen molar-refractivity contribution in [1.82, 2.24) is 19.7 Å². The van der Waals surface area contributed by atoms with Gasteiger partial charge in [-0.15, -0.1) is 21.5 Å². The summed E-state index contributed by atoms with van der Waals surface area (Å²) < 4.78 is 2.07. The van der Waals surface area contributed by atoms with Crippen LogP contribution >= 0.6 is 23.1 Å². The van der Waals surface area contributed by atoms with Crippen molar-refractivity contribution in [3.8, 4) is 17.1 Å². The minimum Gasteiger partial charge on any atom is -0.302 e. The van der Waals surface area contributed by atoms with E-state index in [-0.39, 0.29) is 5.91 Å². The lowest BCUT2D eigenvalue weighted by Crippen LogP contribution is -2.05. The molecule has 0 aliphatic carbocycles. The van der Waals surface area contributed by atoms with Crippen molar-refractivity contribution < 1.29 is 4.79 Å². The maximum atomic E-state index is 11.2. The summed E-state index contributed by atoms with van der Waals surface area (Å²) in [5, 5.41) is 15.0. The average molecular weight is 422 g/mol. The van der Waals surface area contributed by atoms with E-state index in [1.807, 2.05) is 35.7 Å². The van der Waals surface area contributed by atoms with Crippen LogP contribution in [0.4, 0.5) is 5.13 Å². The predicted octanol–water partition coefficient (Wildman–Crippen LogP) is 4.95. The second kappa shape index (κ2) is 8.59. The van der Waals surface area contributed by atoms with Gasteiger partial charge in [0.25, 0.3) is 0 Å². The van der Waals surface area contributed by atoms with Crippen LogP contribution in [-0.2, 0) is 10.5 Å². The number of aromatic nitrogens is 4. The van der Waals surface area contributed by atoms with Gasteiger partial charge in [-0.1, -0.05) is 59.8 Å². The van der Waals surface area contributed by atoms with Gasteiger partial charge >= 0.3 is 0 Å². The monoisotopic (exact) mass is 421 g/mol. The van der Waals surface area contributed by atoms with Crippen LogP contribution in [0.5, 0.6) is 0 Å². The smallest absolute Gasteiger partial charge is 0.223 e. The molecule has 8 heteroatoms. The third-order valence-electron chi connectivity index (χ3n) is 4.14. The minimum atomic E-state index is -0.120. The van der Waals surface area contributed by atoms with Crippen LogP contribution in [0, 0.1) is 6.92 Å². The van der Waals surface area contributed by atoms with Crippen molar-refractivity contribution in [2.75, 3.05) is 5.32 Å². The number of aryl methyl sites for hydroxylation is 1. The third kappa shape index (κ3) is 4.55. The van der Waals surface area contributed by atoms with Gasteiger partial charge in [-0.05, 0) is 19.1 Å². The first-order chi connectivity index (χ1) is 14.1. The zero-order chi connectivity index (χ0) is 20.2. The van der Waals surface area contributed by atoms with Gasteiger partial charge in [-0.3, -0.25) is 9.36 Å². The molecule has 2 heterocycles. The van der Waals surface area contributed by atoms with Gasteiger partial charge in [0.2, 0.25) is 5.91 Å². The van der Waals surface area contributed by atoms with Crippen molar-refractivity contribution >= 4 is 34.1 Å². The fourth-order valence-corrected chi connectivity index (χ4v) is 4.49. The Morgan fingerprint density at radius 3 is 2.59 bits per heavy atom. The largest absolute Gasteiger partial charge is 0.302 e. The molecule has 2 aromatic heterocycles. The zero-order valence-electron chi connectivity index (χ0n) is 16.0. The highest BCUT2D eigenvalue weighted by Crippen LogP contribution is 2.30. The van der Waals surface area contributed by atoms with E-state index in [0.717, 1.165) is 27.9 Å². The Bertz CT molecular complexity index is 1120. The Balaban J connectivity index is 1.64. The number of benzene rings is 2. The number of carbonyl (C=O) groups excluding carboxylic acids is 1. The fraction of sp³-hybridized carbons (Fsp3) is 0.143. The van der Waals surface area contributed by atoms with Crippen LogP contribution in [-0.4, -0.2) is 25.7 Å². The molecule has 4 rings (SSSR count). The molecule has 0 aliphatic heterocycles. The Kier molecular flexibility index (Phi) is 5.73. The summed E-state index contributed by atoms with van der Waals surface area (Å²) in [6, 6.07) is 18.4. The van der Waals surface area contributed by atoms with Crippen LogP contribution in [0.15, 0.2) is 65.1 Å². The molecule has 146 valence electrons. The number of thiazole rings is 1. The van der Waals surface area contributed by atoms with Crippen molar-refractivity contribution in [2.24, 2.45) is 0 Å². The summed E-state index contributed by atoms with van der Waals surface area (Å²) in [6.07, 6.45) is 0. The summed E-state index contributed by atoms with van der Waals surface area (Å²) >= 11 is 2.99. The molecule has 0 bridgehead atoms. The first kappa shape index (κ1) is 19.4. The lowest BCUT2D eigenvalue weighted by Gasteiger charge is -2.10. The zero-order valence-corrected chi connectivity index (χ0v) is 17.6. The second-order valence-electron chi connectivity index (χ2n) is 6.46. The molecule has 1 N–H and O–H groups in total. The molecule has 2 aromatic carbocycles. The lowest BCUT2D eigenvalue weighted by molar-refractivity contribution is -0.114. The number of nitrogens with one attached hydrogen (secondary N) is 1. The molecule has 0 spiro atoms. The van der Waals surface area contributed by atoms with Crippen molar-refractivity contribution in [2.45, 2.75) is 24.8 Å². The van der Waals surface area contributed by atoms with E-state index in [1.165, 1.54) is 23.8 Å². The molecule has 29 heavy (non-hydrogen) atoms. The highest BCUT2D eigenvalue weighted by atomic mass is 32.2. The van der Waals surface area contributed by atoms with Crippen molar-refractivity contribution in [1.29, 1.82) is 0 Å². The number of thioether (sulfide) groups is 1. The summed E-state index contributed by atoms with van der Waals surface area (Å²) in [5.41, 5.74) is 4.11. The highest BCUT2D eigenvalue weighted by Gasteiger charge is 2.16. The van der Waals surface area contributed by atoms with Crippen LogP contribution in [0.2, 0.25) is 0 Å². The lowest BCUT2D eigenvalue weighted by atomic mass is 10.2. The van der Waals surface area contributed by atoms with Gasteiger partial charge in [0.15, 0.2) is 16.1 Å². The Morgan fingerprint density at radius 1 is 1.10 bits per heavy atom. The molecule has 0 aliphatic rings. The first-order valence-electron chi connectivity index (χ1n) is 9.03. The van der Waals surface area contributed by atoms with E-state index in [2.05, 4.69) is 56.3 Å². The van der Waals surface area contributed by atoms with E-state index >= 15 is 0 Å². The summed E-state index contributed by atoms with van der Waals surface area (Å²) in [4.78, 5) is 15.6. The molecule has 0 saturated carbocycles. The maximum absolute atomic E-state index is 11.2. The number of carbonyl (C=O) groups is 1. The Morgan fingerprint density at radius 2 is 1.86 bits per heavy atom. The molecule has 0 radical (unpaired) electrons. The van der Waals surface area contributed by atoms with Gasteiger partial charge in [0.1, 0.15) is 0 Å². The van der Waals surface area contributed by atoms with Crippen molar-refractivity contribution in [3.05, 3.63) is 71.2 Å². The standard InChI is InChI=1S/C21H19N5OS2/c1-14-8-10-18(11-9-14)26-19(16-6-4-3-5-7-16)24-25-21(26)29-13-17-12-28-20(23-17)22-15(2)27/h3-12H,13H2,1-2H3,(H,22,23,27). The summed E-state index contributed by atoms with van der Waals surface area (Å²) in [7, 11) is 0. The highest BCUT2D eigenvalue weighted by molar-refractivity contribution is 7.98. The quantitative estimate of drug-likeness (QED) is 0.446. The van der Waals surface area contributed by atoms with Crippen LogP contribution in [0.25, 0.3) is 17.1 Å². The molecule has 6 nitrogen and oxygen atoms in total. The Hall–Kier alpha value is -2.97. The number of hydrogen-bond donors (Lipinski definition) is 1. The average Bonchev–Trinajstić information content (AvgIpc) is 3.34. The van der Waals surface area contributed by atoms with Gasteiger partial charge < -0.3 is 5.32 Å². The van der Waals surface area contributed by atoms with Crippen LogP contribution in [0.1, 0.15) is 18.2 Å². The third-order valence-corrected chi connectivity index (χ3v) is 5.91. The van der Waals surface area contributed by atoms with Crippen LogP contribution in [0.3, 0.4) is 0 Å². The van der Waals surface area contributed by atoms with E-state index in [0.29, 0.717) is 10.9 Å². The van der Waals surface area contributed by atoms with E-state index in [4.69, 9.17) is 0 Å². The number of rotatable bonds is 6. The van der Waals surface area contributed by atoms with Gasteiger partial charge in [-0.2, -0.15) is 0 Å². The number of anilines is 1. The minimum absolute atomic E-state index is 0.120. The maximum Gasteiger partial charge on any atom is 0.223 e. The van der Waals surface area contributed by atoms with Gasteiger partial charge in [0.05, 0.1) is 5.69 Å². The van der Waals surface area contributed by atoms with Crippen LogP contribution < -0.4 is 5.32 Å². The molecule has 0 saturated heterocycles. The van der Waals surface area contributed by atoms with Gasteiger partial charge in [0, 0.05) is 29.3 Å². The Labute approximate surface area is 177 Å². The summed E-state index contributed by atoms with van der Waals surface area (Å²) in [5.74, 6) is 1.31. The van der Waals surface area contributed by atoms with E-state index in [1.54, 1.807) is 11.8 Å². The number of hydrogen-bond acceptors (Lipinski definition) is 6. The number of amides is 1. The molecular formula is C21H19N5OS2. The molecule has 0 fully saturated rings. The normalized spacial score (nSPS) is 10.8. The fourth-order valence-electron chi connectivity index (χ4n) is 2.78. The van der Waals surface area contributed by atoms with Gasteiger partial charge in [-0.25, -0.2) is 4.98 Å².